The fourth-order valence-electron chi connectivity index (χ4n) is 2.14. The van der Waals surface area contributed by atoms with Gasteiger partial charge in [0.15, 0.2) is 0 Å². The van der Waals surface area contributed by atoms with Gasteiger partial charge in [-0.05, 0) is 36.8 Å². The second-order valence-electron chi connectivity index (χ2n) is 4.58. The van der Waals surface area contributed by atoms with E-state index in [1.165, 1.54) is 0 Å². The van der Waals surface area contributed by atoms with E-state index in [2.05, 4.69) is 25.9 Å². The van der Waals surface area contributed by atoms with Crippen LogP contribution in [0.1, 0.15) is 15.9 Å². The van der Waals surface area contributed by atoms with Crippen LogP contribution in [-0.4, -0.2) is 21.0 Å². The SMILES string of the molecule is Cc1ccc(-c2nc3c(C(=O)O)cccc3[nH]2)c(Br)c1. The Hall–Kier alpha value is -2.14. The standard InChI is InChI=1S/C15H11BrN2O2/c1-8-5-6-9(11(16)7-8)14-17-12-4-2-3-10(15(19)20)13(12)18-14/h2-7H,1H3,(H,17,18)(H,19,20). The molecule has 3 aromatic rings. The molecule has 1 heterocycles. The summed E-state index contributed by atoms with van der Waals surface area (Å²) in [5.74, 6) is -0.322. The summed E-state index contributed by atoms with van der Waals surface area (Å²) in [6.07, 6.45) is 0. The molecule has 0 fully saturated rings. The molecule has 0 aliphatic carbocycles. The number of carboxylic acid groups (broad SMARTS) is 1. The van der Waals surface area contributed by atoms with Gasteiger partial charge in [0.05, 0.1) is 11.1 Å². The van der Waals surface area contributed by atoms with E-state index in [0.29, 0.717) is 16.9 Å². The van der Waals surface area contributed by atoms with Crippen molar-refractivity contribution in [2.24, 2.45) is 0 Å². The first-order valence-electron chi connectivity index (χ1n) is 6.05. The zero-order valence-corrected chi connectivity index (χ0v) is 12.2. The van der Waals surface area contributed by atoms with Gasteiger partial charge >= 0.3 is 5.97 Å². The normalized spacial score (nSPS) is 10.9. The molecule has 0 unspecified atom stereocenters. The zero-order valence-electron chi connectivity index (χ0n) is 10.6. The molecule has 0 saturated carbocycles. The number of H-pyrrole nitrogens is 1. The van der Waals surface area contributed by atoms with E-state index in [4.69, 9.17) is 0 Å². The Morgan fingerprint density at radius 3 is 2.80 bits per heavy atom. The van der Waals surface area contributed by atoms with E-state index in [1.807, 2.05) is 31.2 Å². The van der Waals surface area contributed by atoms with Crippen LogP contribution in [0, 0.1) is 6.92 Å². The van der Waals surface area contributed by atoms with Crippen LogP contribution in [0.3, 0.4) is 0 Å². The second-order valence-corrected chi connectivity index (χ2v) is 5.43. The smallest absolute Gasteiger partial charge is 0.337 e. The predicted octanol–water partition coefficient (Wildman–Crippen LogP) is 4.00. The highest BCUT2D eigenvalue weighted by molar-refractivity contribution is 9.10. The molecule has 0 bridgehead atoms. The highest BCUT2D eigenvalue weighted by atomic mass is 79.9. The maximum absolute atomic E-state index is 11.2. The number of imidazole rings is 1. The number of aromatic amines is 1. The second kappa shape index (κ2) is 4.76. The van der Waals surface area contributed by atoms with Crippen molar-refractivity contribution in [1.29, 1.82) is 0 Å². The van der Waals surface area contributed by atoms with Crippen LogP contribution < -0.4 is 0 Å². The quantitative estimate of drug-likeness (QED) is 0.746. The molecule has 100 valence electrons. The molecule has 3 rings (SSSR count). The Morgan fingerprint density at radius 2 is 2.10 bits per heavy atom. The summed E-state index contributed by atoms with van der Waals surface area (Å²) in [4.78, 5) is 18.8. The molecular formula is C15H11BrN2O2. The Balaban J connectivity index is 2.23. The number of carboxylic acids is 1. The molecule has 2 aromatic carbocycles. The van der Waals surface area contributed by atoms with E-state index < -0.39 is 5.97 Å². The number of rotatable bonds is 2. The van der Waals surface area contributed by atoms with Gasteiger partial charge in [-0.3, -0.25) is 0 Å². The van der Waals surface area contributed by atoms with Crippen LogP contribution in [0.2, 0.25) is 0 Å². The molecule has 0 atom stereocenters. The fourth-order valence-corrected chi connectivity index (χ4v) is 2.83. The number of benzene rings is 2. The van der Waals surface area contributed by atoms with Crippen LogP contribution in [0.25, 0.3) is 22.4 Å². The van der Waals surface area contributed by atoms with E-state index in [-0.39, 0.29) is 5.56 Å². The van der Waals surface area contributed by atoms with Gasteiger partial charge in [-0.15, -0.1) is 0 Å². The van der Waals surface area contributed by atoms with Crippen LogP contribution in [0.5, 0.6) is 0 Å². The van der Waals surface area contributed by atoms with Gasteiger partial charge in [0.1, 0.15) is 11.3 Å². The molecule has 4 nitrogen and oxygen atoms in total. The Morgan fingerprint density at radius 1 is 1.30 bits per heavy atom. The number of carbonyl (C=O) groups is 1. The zero-order chi connectivity index (χ0) is 14.3. The lowest BCUT2D eigenvalue weighted by Crippen LogP contribution is -1.96. The number of aromatic nitrogens is 2. The first-order chi connectivity index (χ1) is 9.56. The number of hydrogen-bond acceptors (Lipinski definition) is 2. The summed E-state index contributed by atoms with van der Waals surface area (Å²) in [7, 11) is 0. The summed E-state index contributed by atoms with van der Waals surface area (Å²) in [6, 6.07) is 11.0. The largest absolute Gasteiger partial charge is 0.478 e. The fraction of sp³-hybridized carbons (Fsp3) is 0.0667. The van der Waals surface area contributed by atoms with Crippen LogP contribution >= 0.6 is 15.9 Å². The Kier molecular flexibility index (Phi) is 3.06. The summed E-state index contributed by atoms with van der Waals surface area (Å²) in [5.41, 5.74) is 3.44. The average Bonchev–Trinajstić information content (AvgIpc) is 2.81. The van der Waals surface area contributed by atoms with E-state index in [0.717, 1.165) is 15.6 Å². The van der Waals surface area contributed by atoms with E-state index >= 15 is 0 Å². The molecule has 1 aromatic heterocycles. The number of nitrogens with zero attached hydrogens (tertiary/aromatic N) is 1. The Labute approximate surface area is 123 Å². The van der Waals surface area contributed by atoms with Gasteiger partial charge in [-0.25, -0.2) is 9.78 Å². The predicted molar refractivity (Wildman–Crippen MR) is 80.9 cm³/mol. The van der Waals surface area contributed by atoms with Crippen molar-refractivity contribution in [3.8, 4) is 11.4 Å². The van der Waals surface area contributed by atoms with E-state index in [1.54, 1.807) is 12.1 Å². The minimum Gasteiger partial charge on any atom is -0.478 e. The van der Waals surface area contributed by atoms with Gasteiger partial charge in [-0.1, -0.05) is 28.1 Å². The summed E-state index contributed by atoms with van der Waals surface area (Å²) < 4.78 is 0.924. The molecule has 20 heavy (non-hydrogen) atoms. The first kappa shape index (κ1) is 12.9. The molecular weight excluding hydrogens is 320 g/mol. The average molecular weight is 331 g/mol. The summed E-state index contributed by atoms with van der Waals surface area (Å²) >= 11 is 3.51. The number of halogens is 1. The van der Waals surface area contributed by atoms with Crippen molar-refractivity contribution in [1.82, 2.24) is 9.97 Å². The molecule has 0 radical (unpaired) electrons. The number of fused-ring (bicyclic) bond motifs is 1. The summed E-state index contributed by atoms with van der Waals surface area (Å²) in [6.45, 7) is 2.01. The van der Waals surface area contributed by atoms with Crippen LogP contribution in [0.15, 0.2) is 40.9 Å². The maximum atomic E-state index is 11.2. The van der Waals surface area contributed by atoms with Crippen molar-refractivity contribution in [3.05, 3.63) is 52.0 Å². The van der Waals surface area contributed by atoms with Crippen molar-refractivity contribution < 1.29 is 9.90 Å². The monoisotopic (exact) mass is 330 g/mol. The molecule has 0 saturated heterocycles. The molecule has 5 heteroatoms. The third-order valence-corrected chi connectivity index (χ3v) is 3.78. The minimum atomic E-state index is -0.975. The van der Waals surface area contributed by atoms with Gasteiger partial charge < -0.3 is 10.1 Å². The molecule has 0 amide bonds. The highest BCUT2D eigenvalue weighted by Gasteiger charge is 2.14. The van der Waals surface area contributed by atoms with Gasteiger partial charge in [-0.2, -0.15) is 0 Å². The number of nitrogens with one attached hydrogen (secondary N) is 1. The van der Waals surface area contributed by atoms with Crippen LogP contribution in [0.4, 0.5) is 0 Å². The maximum Gasteiger partial charge on any atom is 0.337 e. The lowest BCUT2D eigenvalue weighted by Gasteiger charge is -2.01. The number of aromatic carboxylic acids is 1. The number of hydrogen-bond donors (Lipinski definition) is 2. The molecule has 0 spiro atoms. The number of aryl methyl sites for hydroxylation is 1. The minimum absolute atomic E-state index is 0.202. The topological polar surface area (TPSA) is 66.0 Å². The van der Waals surface area contributed by atoms with E-state index in [9.17, 15) is 9.90 Å². The van der Waals surface area contributed by atoms with Crippen LogP contribution in [-0.2, 0) is 0 Å². The lowest BCUT2D eigenvalue weighted by molar-refractivity contribution is 0.0699. The van der Waals surface area contributed by atoms with Crippen molar-refractivity contribution in [3.63, 3.8) is 0 Å². The number of para-hydroxylation sites is 1. The third-order valence-electron chi connectivity index (χ3n) is 3.12. The van der Waals surface area contributed by atoms with Crippen molar-refractivity contribution in [2.45, 2.75) is 6.92 Å². The first-order valence-corrected chi connectivity index (χ1v) is 6.84. The van der Waals surface area contributed by atoms with Crippen molar-refractivity contribution in [2.75, 3.05) is 0 Å². The van der Waals surface area contributed by atoms with Gasteiger partial charge in [0, 0.05) is 10.0 Å². The van der Waals surface area contributed by atoms with Crippen molar-refractivity contribution >= 4 is 32.9 Å². The molecule has 2 N–H and O–H groups in total. The Bertz CT molecular complexity index is 824. The third kappa shape index (κ3) is 2.10. The molecule has 0 aliphatic rings. The van der Waals surface area contributed by atoms with Gasteiger partial charge in [0.25, 0.3) is 0 Å². The summed E-state index contributed by atoms with van der Waals surface area (Å²) in [5, 5.41) is 9.19. The highest BCUT2D eigenvalue weighted by Crippen LogP contribution is 2.29. The van der Waals surface area contributed by atoms with Gasteiger partial charge in [0.2, 0.25) is 0 Å². The lowest BCUT2D eigenvalue weighted by atomic mass is 10.1. The molecule has 0 aliphatic heterocycles.